The van der Waals surface area contributed by atoms with Gasteiger partial charge in [-0.25, -0.2) is 0 Å². The molecule has 1 aliphatic heterocycles. The molecule has 0 saturated carbocycles. The lowest BCUT2D eigenvalue weighted by atomic mass is 9.91. The fraction of sp³-hybridized carbons (Fsp3) is 0.357. The van der Waals surface area contributed by atoms with Crippen LogP contribution in [0, 0.1) is 16.7 Å². The number of fused-ring (bicyclic) bond motifs is 1. The van der Waals surface area contributed by atoms with Gasteiger partial charge in [0.15, 0.2) is 0 Å². The molecule has 2 rings (SSSR count). The van der Waals surface area contributed by atoms with Crippen LogP contribution in [0.25, 0.3) is 0 Å². The molecular weight excluding hydrogens is 308 g/mol. The summed E-state index contributed by atoms with van der Waals surface area (Å²) in [5.41, 5.74) is 0.522. The molecule has 1 amide bonds. The van der Waals surface area contributed by atoms with Gasteiger partial charge in [-0.15, -0.1) is 0 Å². The fourth-order valence-electron chi connectivity index (χ4n) is 1.97. The van der Waals surface area contributed by atoms with Crippen molar-refractivity contribution in [1.29, 1.82) is 5.26 Å². The number of hydrogen-bond acceptors (Lipinski definition) is 3. The first-order valence-corrected chi connectivity index (χ1v) is 6.72. The highest BCUT2D eigenvalue weighted by atomic mass is 79.9. The normalized spacial score (nSPS) is 14.5. The second-order valence-electron chi connectivity index (χ2n) is 5.17. The minimum atomic E-state index is -0.520. The minimum Gasteiger partial charge on any atom is -0.304 e. The summed E-state index contributed by atoms with van der Waals surface area (Å²) in [7, 11) is 0. The van der Waals surface area contributed by atoms with Gasteiger partial charge in [0.1, 0.15) is 0 Å². The van der Waals surface area contributed by atoms with Crippen LogP contribution >= 0.6 is 15.9 Å². The van der Waals surface area contributed by atoms with Crippen LogP contribution in [0.5, 0.6) is 0 Å². The monoisotopic (exact) mass is 320 g/mol. The van der Waals surface area contributed by atoms with Gasteiger partial charge in [-0.3, -0.25) is 9.59 Å². The standard InChI is InChI=1S/C14H13BrN2O2/c1-14(2,8-16)6-7-17-11-9(12(18)13(17)19)4-3-5-10(11)15/h3-5H,6-7H2,1-2H3. The van der Waals surface area contributed by atoms with E-state index in [-0.39, 0.29) is 0 Å². The highest BCUT2D eigenvalue weighted by molar-refractivity contribution is 9.10. The number of anilines is 1. The Bertz CT molecular complexity index is 602. The Morgan fingerprint density at radius 3 is 2.68 bits per heavy atom. The van der Waals surface area contributed by atoms with Crippen LogP contribution in [0.2, 0.25) is 0 Å². The molecule has 1 heterocycles. The van der Waals surface area contributed by atoms with Crippen molar-refractivity contribution in [2.75, 3.05) is 11.4 Å². The summed E-state index contributed by atoms with van der Waals surface area (Å²) in [5, 5.41) is 9.01. The Morgan fingerprint density at radius 1 is 1.37 bits per heavy atom. The second-order valence-corrected chi connectivity index (χ2v) is 6.02. The molecule has 0 spiro atoms. The molecule has 0 aromatic heterocycles. The van der Waals surface area contributed by atoms with Gasteiger partial charge in [-0.2, -0.15) is 5.26 Å². The van der Waals surface area contributed by atoms with Gasteiger partial charge >= 0.3 is 0 Å². The number of carbonyl (C=O) groups is 2. The molecule has 1 aromatic rings. The quantitative estimate of drug-likeness (QED) is 0.804. The first-order valence-electron chi connectivity index (χ1n) is 5.93. The molecule has 1 aliphatic rings. The number of benzene rings is 1. The third-order valence-corrected chi connectivity index (χ3v) is 3.84. The van der Waals surface area contributed by atoms with E-state index in [4.69, 9.17) is 5.26 Å². The number of halogens is 1. The van der Waals surface area contributed by atoms with E-state index >= 15 is 0 Å². The van der Waals surface area contributed by atoms with Gasteiger partial charge in [0, 0.05) is 11.0 Å². The predicted molar refractivity (Wildman–Crippen MR) is 74.8 cm³/mol. The van der Waals surface area contributed by atoms with Crippen molar-refractivity contribution in [1.82, 2.24) is 0 Å². The lowest BCUT2D eigenvalue weighted by molar-refractivity contribution is -0.114. The highest BCUT2D eigenvalue weighted by Crippen LogP contribution is 2.36. The number of nitriles is 1. The van der Waals surface area contributed by atoms with E-state index in [1.807, 2.05) is 13.8 Å². The van der Waals surface area contributed by atoms with E-state index in [2.05, 4.69) is 22.0 Å². The third-order valence-electron chi connectivity index (χ3n) is 3.20. The Hall–Kier alpha value is -1.67. The summed E-state index contributed by atoms with van der Waals surface area (Å²) in [5.74, 6) is -0.998. The molecule has 0 unspecified atom stereocenters. The number of Topliss-reactive ketones (excluding diaryl/α,β-unsaturated/α-hetero) is 1. The molecular formula is C14H13BrN2O2. The Balaban J connectivity index is 2.32. The first kappa shape index (κ1) is 13.8. The summed E-state index contributed by atoms with van der Waals surface area (Å²) in [4.78, 5) is 25.3. The van der Waals surface area contributed by atoms with Gasteiger partial charge < -0.3 is 4.90 Å². The molecule has 0 bridgehead atoms. The lowest BCUT2D eigenvalue weighted by Gasteiger charge is -2.22. The summed E-state index contributed by atoms with van der Waals surface area (Å²) in [6.45, 7) is 3.99. The Labute approximate surface area is 120 Å². The number of nitrogens with zero attached hydrogens (tertiary/aromatic N) is 2. The SMILES string of the molecule is CC(C)(C#N)CCN1C(=O)C(=O)c2cccc(Br)c21. The van der Waals surface area contributed by atoms with Crippen molar-refractivity contribution >= 4 is 33.3 Å². The molecule has 5 heteroatoms. The minimum absolute atomic E-state index is 0.362. The van der Waals surface area contributed by atoms with Gasteiger partial charge in [0.05, 0.1) is 22.7 Å². The highest BCUT2D eigenvalue weighted by Gasteiger charge is 2.37. The zero-order chi connectivity index (χ0) is 14.2. The van der Waals surface area contributed by atoms with Crippen molar-refractivity contribution in [2.24, 2.45) is 5.41 Å². The van der Waals surface area contributed by atoms with Gasteiger partial charge in [-0.05, 0) is 48.3 Å². The van der Waals surface area contributed by atoms with E-state index in [0.29, 0.717) is 24.2 Å². The first-order chi connectivity index (χ1) is 8.87. The van der Waals surface area contributed by atoms with E-state index < -0.39 is 17.1 Å². The number of para-hydroxylation sites is 1. The predicted octanol–water partition coefficient (Wildman–Crippen LogP) is 2.92. The van der Waals surface area contributed by atoms with E-state index in [1.165, 1.54) is 4.90 Å². The van der Waals surface area contributed by atoms with E-state index in [1.54, 1.807) is 18.2 Å². The third kappa shape index (κ3) is 2.41. The average Bonchev–Trinajstić information content (AvgIpc) is 2.62. The molecule has 1 aromatic carbocycles. The molecule has 0 N–H and O–H groups in total. The van der Waals surface area contributed by atoms with Crippen molar-refractivity contribution in [2.45, 2.75) is 20.3 Å². The van der Waals surface area contributed by atoms with Gasteiger partial charge in [0.25, 0.3) is 11.7 Å². The maximum atomic E-state index is 12.0. The zero-order valence-corrected chi connectivity index (χ0v) is 12.3. The van der Waals surface area contributed by atoms with Crippen molar-refractivity contribution < 1.29 is 9.59 Å². The molecule has 0 atom stereocenters. The Morgan fingerprint density at radius 2 is 2.05 bits per heavy atom. The summed E-state index contributed by atoms with van der Waals surface area (Å²) < 4.78 is 0.721. The maximum Gasteiger partial charge on any atom is 0.299 e. The van der Waals surface area contributed by atoms with Crippen LogP contribution < -0.4 is 4.90 Å². The van der Waals surface area contributed by atoms with Gasteiger partial charge in [0.2, 0.25) is 0 Å². The number of carbonyl (C=O) groups excluding carboxylic acids is 2. The average molecular weight is 321 g/mol. The summed E-state index contributed by atoms with van der Waals surface area (Å²) >= 11 is 3.37. The molecule has 0 radical (unpaired) electrons. The summed E-state index contributed by atoms with van der Waals surface area (Å²) in [6, 6.07) is 7.38. The van der Waals surface area contributed by atoms with Crippen molar-refractivity contribution in [3.8, 4) is 6.07 Å². The molecule has 19 heavy (non-hydrogen) atoms. The smallest absolute Gasteiger partial charge is 0.299 e. The van der Waals surface area contributed by atoms with Crippen molar-refractivity contribution in [3.05, 3.63) is 28.2 Å². The van der Waals surface area contributed by atoms with Crippen LogP contribution in [0.15, 0.2) is 22.7 Å². The van der Waals surface area contributed by atoms with E-state index in [0.717, 1.165) is 4.47 Å². The molecule has 0 saturated heterocycles. The number of ketones is 1. The topological polar surface area (TPSA) is 61.2 Å². The van der Waals surface area contributed by atoms with Crippen molar-refractivity contribution in [3.63, 3.8) is 0 Å². The fourth-order valence-corrected chi connectivity index (χ4v) is 2.55. The van der Waals surface area contributed by atoms with Crippen LogP contribution in [0.1, 0.15) is 30.6 Å². The molecule has 0 fully saturated rings. The lowest BCUT2D eigenvalue weighted by Crippen LogP contribution is -2.33. The number of amides is 1. The summed E-state index contributed by atoms with van der Waals surface area (Å²) in [6.07, 6.45) is 0.517. The van der Waals surface area contributed by atoms with Crippen LogP contribution in [0.3, 0.4) is 0 Å². The molecule has 0 aliphatic carbocycles. The van der Waals surface area contributed by atoms with Crippen LogP contribution in [-0.2, 0) is 4.79 Å². The largest absolute Gasteiger partial charge is 0.304 e. The van der Waals surface area contributed by atoms with E-state index in [9.17, 15) is 9.59 Å². The van der Waals surface area contributed by atoms with Crippen LogP contribution in [-0.4, -0.2) is 18.2 Å². The maximum absolute atomic E-state index is 12.0. The molecule has 4 nitrogen and oxygen atoms in total. The number of rotatable bonds is 3. The zero-order valence-electron chi connectivity index (χ0n) is 10.7. The molecule has 98 valence electrons. The number of hydrogen-bond donors (Lipinski definition) is 0. The second kappa shape index (κ2) is 4.78. The van der Waals surface area contributed by atoms with Gasteiger partial charge in [-0.1, -0.05) is 6.07 Å². The van der Waals surface area contributed by atoms with Crippen LogP contribution in [0.4, 0.5) is 5.69 Å². The Kier molecular flexibility index (Phi) is 3.46.